The Labute approximate surface area is 156 Å². The van der Waals surface area contributed by atoms with Crippen molar-refractivity contribution in [3.05, 3.63) is 0 Å². The van der Waals surface area contributed by atoms with E-state index in [1.165, 1.54) is 24.6 Å². The SMILES string of the molecule is O=C(O)COCC(=O)N=C1S[C@@H]2CS(=O)(=O)C[C@@H]2N1[C@H]1C[C@H]2CC[C@H]1C2. The number of carboxylic acid groups (broad SMARTS) is 1. The lowest BCUT2D eigenvalue weighted by molar-refractivity contribution is -0.143. The minimum absolute atomic E-state index is 0.0781. The molecule has 2 bridgehead atoms. The van der Waals surface area contributed by atoms with Gasteiger partial charge >= 0.3 is 5.97 Å². The predicted molar refractivity (Wildman–Crippen MR) is 95.8 cm³/mol. The second-order valence-electron chi connectivity index (χ2n) is 7.62. The Kier molecular flexibility index (Phi) is 4.77. The van der Waals surface area contributed by atoms with Gasteiger partial charge in [0.1, 0.15) is 13.2 Å². The third-order valence-electron chi connectivity index (χ3n) is 5.84. The van der Waals surface area contributed by atoms with Crippen LogP contribution in [-0.2, 0) is 24.2 Å². The molecule has 2 aliphatic carbocycles. The summed E-state index contributed by atoms with van der Waals surface area (Å²) in [5.41, 5.74) is 0. The van der Waals surface area contributed by atoms with Crippen molar-refractivity contribution in [2.24, 2.45) is 16.8 Å². The van der Waals surface area contributed by atoms with E-state index in [0.29, 0.717) is 17.0 Å². The van der Waals surface area contributed by atoms with E-state index in [4.69, 9.17) is 9.84 Å². The lowest BCUT2D eigenvalue weighted by atomic mass is 9.93. The number of hydrogen-bond donors (Lipinski definition) is 1. The van der Waals surface area contributed by atoms with Gasteiger partial charge in [0.15, 0.2) is 15.0 Å². The number of thioether (sulfide) groups is 1. The lowest BCUT2D eigenvalue weighted by Crippen LogP contribution is -2.47. The van der Waals surface area contributed by atoms with Gasteiger partial charge in [0.05, 0.1) is 17.5 Å². The molecule has 4 fully saturated rings. The van der Waals surface area contributed by atoms with Crippen molar-refractivity contribution < 1.29 is 27.9 Å². The maximum Gasteiger partial charge on any atom is 0.329 e. The molecular formula is C16H22N2O6S2. The topological polar surface area (TPSA) is 113 Å². The first-order valence-corrected chi connectivity index (χ1v) is 11.6. The highest BCUT2D eigenvalue weighted by atomic mass is 32.2. The van der Waals surface area contributed by atoms with E-state index in [-0.39, 0.29) is 35.4 Å². The van der Waals surface area contributed by atoms with Gasteiger partial charge in [0.2, 0.25) is 0 Å². The van der Waals surface area contributed by atoms with Gasteiger partial charge in [-0.25, -0.2) is 13.2 Å². The standard InChI is InChI=1S/C16H22N2O6S2/c19-14(5-24-6-15(20)21)17-16-18(11-4-9-1-2-10(11)3-9)12-7-26(22,23)8-13(12)25-16/h9-13H,1-8H2,(H,20,21)/t9-,10-,11-,12-,13+/m0/s1. The van der Waals surface area contributed by atoms with Crippen molar-refractivity contribution in [1.29, 1.82) is 0 Å². The smallest absolute Gasteiger partial charge is 0.329 e. The largest absolute Gasteiger partial charge is 0.480 e. The first kappa shape index (κ1) is 18.2. The first-order valence-electron chi connectivity index (χ1n) is 8.89. The number of rotatable bonds is 5. The van der Waals surface area contributed by atoms with Gasteiger partial charge in [-0.15, -0.1) is 0 Å². The average molecular weight is 402 g/mol. The fourth-order valence-electron chi connectivity index (χ4n) is 4.90. The van der Waals surface area contributed by atoms with Crippen LogP contribution in [0.15, 0.2) is 4.99 Å². The van der Waals surface area contributed by atoms with E-state index in [2.05, 4.69) is 9.89 Å². The maximum atomic E-state index is 12.1. The second kappa shape index (κ2) is 6.79. The number of sulfone groups is 1. The molecule has 0 aromatic rings. The van der Waals surface area contributed by atoms with Crippen molar-refractivity contribution in [1.82, 2.24) is 4.90 Å². The summed E-state index contributed by atoms with van der Waals surface area (Å²) in [6, 6.07) is 0.150. The fourth-order valence-corrected chi connectivity index (χ4v) is 8.89. The summed E-state index contributed by atoms with van der Waals surface area (Å²) in [6.07, 6.45) is 4.61. The molecule has 0 spiro atoms. The van der Waals surface area contributed by atoms with Gasteiger partial charge < -0.3 is 14.7 Å². The number of carbonyl (C=O) groups is 2. The molecular weight excluding hydrogens is 380 g/mol. The van der Waals surface area contributed by atoms with Gasteiger partial charge in [-0.3, -0.25) is 4.79 Å². The first-order chi connectivity index (χ1) is 12.3. The number of amidine groups is 1. The number of carbonyl (C=O) groups excluding carboxylic acids is 1. The summed E-state index contributed by atoms with van der Waals surface area (Å²) < 4.78 is 29.0. The van der Waals surface area contributed by atoms with Crippen LogP contribution in [0.25, 0.3) is 0 Å². The minimum atomic E-state index is -3.05. The summed E-state index contributed by atoms with van der Waals surface area (Å²) in [7, 11) is -3.05. The molecule has 2 saturated heterocycles. The van der Waals surface area contributed by atoms with Crippen LogP contribution in [0.5, 0.6) is 0 Å². The molecule has 1 amide bonds. The zero-order valence-electron chi connectivity index (χ0n) is 14.2. The van der Waals surface area contributed by atoms with Crippen molar-refractivity contribution in [3.63, 3.8) is 0 Å². The second-order valence-corrected chi connectivity index (χ2v) is 11.0. The zero-order valence-corrected chi connectivity index (χ0v) is 15.9. The quantitative estimate of drug-likeness (QED) is 0.702. The van der Waals surface area contributed by atoms with Gasteiger partial charge in [-0.1, -0.05) is 18.2 Å². The molecule has 26 heavy (non-hydrogen) atoms. The van der Waals surface area contributed by atoms with Crippen molar-refractivity contribution in [2.45, 2.75) is 43.0 Å². The highest BCUT2D eigenvalue weighted by Gasteiger charge is 2.54. The number of aliphatic imine (C=N–C) groups is 1. The van der Waals surface area contributed by atoms with E-state index in [1.54, 1.807) is 0 Å². The number of hydrogen-bond acceptors (Lipinski definition) is 6. The Balaban J connectivity index is 1.52. The Hall–Kier alpha value is -1.13. The summed E-state index contributed by atoms with van der Waals surface area (Å²) in [6.45, 7) is -0.919. The molecule has 1 N–H and O–H groups in total. The van der Waals surface area contributed by atoms with E-state index >= 15 is 0 Å². The zero-order chi connectivity index (χ0) is 18.5. The Morgan fingerprint density at radius 1 is 1.19 bits per heavy atom. The van der Waals surface area contributed by atoms with Gasteiger partial charge in [0.25, 0.3) is 5.91 Å². The van der Waals surface area contributed by atoms with Crippen LogP contribution >= 0.6 is 11.8 Å². The lowest BCUT2D eigenvalue weighted by Gasteiger charge is -2.36. The summed E-state index contributed by atoms with van der Waals surface area (Å²) in [5.74, 6) is -0.160. The minimum Gasteiger partial charge on any atom is -0.480 e. The van der Waals surface area contributed by atoms with Crippen LogP contribution in [0.2, 0.25) is 0 Å². The summed E-state index contributed by atoms with van der Waals surface area (Å²) in [5, 5.41) is 9.09. The van der Waals surface area contributed by atoms with Crippen LogP contribution in [0.4, 0.5) is 0 Å². The third kappa shape index (κ3) is 3.50. The molecule has 4 rings (SSSR count). The Bertz CT molecular complexity index is 752. The molecule has 0 aromatic heterocycles. The molecule has 144 valence electrons. The molecule has 10 heteroatoms. The number of fused-ring (bicyclic) bond motifs is 3. The molecule has 0 unspecified atom stereocenters. The molecule has 2 aliphatic heterocycles. The van der Waals surface area contributed by atoms with Crippen molar-refractivity contribution >= 4 is 38.6 Å². The van der Waals surface area contributed by atoms with Crippen LogP contribution in [-0.4, -0.2) is 77.5 Å². The summed E-state index contributed by atoms with van der Waals surface area (Å²) >= 11 is 1.38. The highest BCUT2D eigenvalue weighted by Crippen LogP contribution is 2.51. The number of ether oxygens (including phenoxy) is 1. The molecule has 0 radical (unpaired) electrons. The van der Waals surface area contributed by atoms with Crippen LogP contribution < -0.4 is 0 Å². The molecule has 0 aromatic carbocycles. The predicted octanol–water partition coefficient (Wildman–Crippen LogP) is 0.373. The third-order valence-corrected chi connectivity index (χ3v) is 9.06. The Morgan fingerprint density at radius 3 is 2.65 bits per heavy atom. The van der Waals surface area contributed by atoms with Crippen LogP contribution in [0.3, 0.4) is 0 Å². The number of amides is 1. The van der Waals surface area contributed by atoms with E-state index in [9.17, 15) is 18.0 Å². The maximum absolute atomic E-state index is 12.1. The number of aliphatic carboxylic acids is 1. The monoisotopic (exact) mass is 402 g/mol. The Morgan fingerprint density at radius 2 is 2.00 bits per heavy atom. The van der Waals surface area contributed by atoms with E-state index in [1.807, 2.05) is 0 Å². The van der Waals surface area contributed by atoms with Crippen molar-refractivity contribution in [3.8, 4) is 0 Å². The molecule has 2 heterocycles. The van der Waals surface area contributed by atoms with E-state index < -0.39 is 28.3 Å². The normalized spacial score (nSPS) is 38.8. The van der Waals surface area contributed by atoms with Gasteiger partial charge in [-0.05, 0) is 31.1 Å². The average Bonchev–Trinajstić information content (AvgIpc) is 3.26. The molecule has 2 saturated carbocycles. The summed E-state index contributed by atoms with van der Waals surface area (Å²) in [4.78, 5) is 28.8. The highest BCUT2D eigenvalue weighted by molar-refractivity contribution is 8.15. The van der Waals surface area contributed by atoms with Crippen molar-refractivity contribution in [2.75, 3.05) is 24.7 Å². The number of nitrogens with zero attached hydrogens (tertiary/aromatic N) is 2. The van der Waals surface area contributed by atoms with Gasteiger partial charge in [-0.2, -0.15) is 4.99 Å². The number of carboxylic acids is 1. The van der Waals surface area contributed by atoms with Crippen LogP contribution in [0.1, 0.15) is 25.7 Å². The molecule has 5 atom stereocenters. The molecule has 8 nitrogen and oxygen atoms in total. The molecule has 4 aliphatic rings. The van der Waals surface area contributed by atoms with Crippen LogP contribution in [0, 0.1) is 11.8 Å². The fraction of sp³-hybridized carbons (Fsp3) is 0.812. The van der Waals surface area contributed by atoms with Gasteiger partial charge in [0, 0.05) is 11.3 Å². The van der Waals surface area contributed by atoms with E-state index in [0.717, 1.165) is 12.8 Å².